The Bertz CT molecular complexity index is 1820. The van der Waals surface area contributed by atoms with E-state index in [2.05, 4.69) is 15.3 Å². The number of amides is 1. The first-order valence-electron chi connectivity index (χ1n) is 23.9. The van der Waals surface area contributed by atoms with Gasteiger partial charge in [-0.25, -0.2) is 0 Å². The van der Waals surface area contributed by atoms with Gasteiger partial charge >= 0.3 is 17.9 Å². The van der Waals surface area contributed by atoms with Gasteiger partial charge in [-0.3, -0.25) is 19.2 Å². The van der Waals surface area contributed by atoms with Crippen LogP contribution < -0.4 is 5.32 Å². The lowest BCUT2D eigenvalue weighted by atomic mass is 9.80. The first kappa shape index (κ1) is 54.0. The quantitative estimate of drug-likeness (QED) is 0.0224. The van der Waals surface area contributed by atoms with E-state index in [1.165, 1.54) is 0 Å². The molecule has 0 radical (unpaired) electrons. The van der Waals surface area contributed by atoms with E-state index in [-0.39, 0.29) is 75.7 Å². The summed E-state index contributed by atoms with van der Waals surface area (Å²) in [7, 11) is 0. The molecule has 13 atom stereocenters. The number of hydrogen-bond acceptors (Lipinski definition) is 13. The van der Waals surface area contributed by atoms with Crippen molar-refractivity contribution in [2.45, 2.75) is 163 Å². The number of rotatable bonds is 27. The molecule has 16 heteroatoms. The van der Waals surface area contributed by atoms with Gasteiger partial charge in [0, 0.05) is 48.5 Å². The van der Waals surface area contributed by atoms with Crippen molar-refractivity contribution in [2.24, 2.45) is 34.7 Å². The molecule has 2 aliphatic heterocycles. The standard InChI is InChI=1S/C50H74N4O12/c1-9-32(5)25-42(55)53-46-48(66-44(57)26-33(6)10-2)34(7)40(63-50(46)60-24-23-52-54-51)31-61-49-35(8)47(65-45(58)28-38(11-3)62-43(56)12-4)39(27-36-19-15-13-16-20-36)41(64-49)30-59-29-37-21-17-14-18-22-37/h13-22,32-35,38-41,46-50H,9-12,23-31H2,1-8H3,(H,53,55)/t32-,33-,34-,35?,38-,39-,40?,41?,46?,47-,48+,49-,50+/m1/s1. The minimum absolute atomic E-state index is 0.00450. The maximum atomic E-state index is 13.9. The van der Waals surface area contributed by atoms with Crippen LogP contribution in [0.15, 0.2) is 65.8 Å². The van der Waals surface area contributed by atoms with Gasteiger partial charge in [0.1, 0.15) is 24.4 Å². The van der Waals surface area contributed by atoms with Gasteiger partial charge in [0.25, 0.3) is 0 Å². The molecule has 0 bridgehead atoms. The SMILES string of the molecule is CCC(=O)O[C@H](CC)CC(=O)O[C@@H]1C(C)[C@H](OCC2O[C@H](OCCN=[N+]=[N-])C(NC(=O)C[C@H](C)CC)[C@@H](OC(=O)C[C@H](C)CC)[C@@H]2C)OC(COCc2ccccc2)[C@H]1Cc1ccccc1. The number of nitrogens with one attached hydrogen (secondary N) is 1. The maximum Gasteiger partial charge on any atom is 0.309 e. The molecule has 2 aliphatic rings. The van der Waals surface area contributed by atoms with Crippen LogP contribution in [-0.2, 0) is 70.1 Å². The third-order valence-corrected chi connectivity index (χ3v) is 12.6. The highest BCUT2D eigenvalue weighted by Gasteiger charge is 2.50. The molecule has 1 N–H and O–H groups in total. The fraction of sp³-hybridized carbons (Fsp3) is 0.680. The van der Waals surface area contributed by atoms with Crippen LogP contribution in [0, 0.1) is 29.6 Å². The van der Waals surface area contributed by atoms with Gasteiger partial charge in [-0.2, -0.15) is 0 Å². The van der Waals surface area contributed by atoms with E-state index < -0.39 is 78.9 Å². The second-order valence-electron chi connectivity index (χ2n) is 17.8. The number of azide groups is 1. The van der Waals surface area contributed by atoms with E-state index in [1.807, 2.05) is 109 Å². The van der Waals surface area contributed by atoms with E-state index in [0.717, 1.165) is 24.0 Å². The zero-order valence-electron chi connectivity index (χ0n) is 40.2. The zero-order valence-corrected chi connectivity index (χ0v) is 40.2. The fourth-order valence-corrected chi connectivity index (χ4v) is 8.15. The number of carbonyl (C=O) groups is 4. The van der Waals surface area contributed by atoms with Gasteiger partial charge in [-0.1, -0.05) is 134 Å². The Kier molecular flexibility index (Phi) is 23.4. The first-order chi connectivity index (χ1) is 31.8. The first-order valence-corrected chi connectivity index (χ1v) is 23.9. The highest BCUT2D eigenvalue weighted by Crippen LogP contribution is 2.38. The molecule has 0 aromatic heterocycles. The van der Waals surface area contributed by atoms with Crippen molar-refractivity contribution >= 4 is 23.8 Å². The summed E-state index contributed by atoms with van der Waals surface area (Å²) >= 11 is 0. The molecule has 2 aromatic rings. The Labute approximate surface area is 391 Å². The van der Waals surface area contributed by atoms with E-state index in [9.17, 15) is 19.2 Å². The van der Waals surface area contributed by atoms with Crippen LogP contribution in [0.2, 0.25) is 0 Å². The summed E-state index contributed by atoms with van der Waals surface area (Å²) in [6.45, 7) is 15.7. The molecule has 1 amide bonds. The second kappa shape index (κ2) is 28.6. The molecule has 4 unspecified atom stereocenters. The lowest BCUT2D eigenvalue weighted by Gasteiger charge is -2.47. The summed E-state index contributed by atoms with van der Waals surface area (Å²) in [6.07, 6.45) is -2.61. The van der Waals surface area contributed by atoms with E-state index in [1.54, 1.807) is 6.92 Å². The van der Waals surface area contributed by atoms with E-state index >= 15 is 0 Å². The minimum Gasteiger partial charge on any atom is -0.462 e. The third-order valence-electron chi connectivity index (χ3n) is 12.6. The maximum absolute atomic E-state index is 13.9. The largest absolute Gasteiger partial charge is 0.462 e. The van der Waals surface area contributed by atoms with Crippen LogP contribution in [-0.4, -0.2) is 99.3 Å². The topological polar surface area (TPSA) is 203 Å². The second-order valence-corrected chi connectivity index (χ2v) is 17.8. The Balaban J connectivity index is 1.66. The summed E-state index contributed by atoms with van der Waals surface area (Å²) in [6, 6.07) is 18.8. The molecule has 366 valence electrons. The van der Waals surface area contributed by atoms with Gasteiger partial charge in [0.05, 0.1) is 45.1 Å². The summed E-state index contributed by atoms with van der Waals surface area (Å²) < 4.78 is 50.8. The van der Waals surface area contributed by atoms with Crippen LogP contribution in [0.1, 0.15) is 111 Å². The number of carbonyl (C=O) groups excluding carboxylic acids is 4. The molecule has 66 heavy (non-hydrogen) atoms. The van der Waals surface area contributed by atoms with E-state index in [0.29, 0.717) is 19.4 Å². The molecule has 0 spiro atoms. The Hall–Kier alpha value is -4.57. The Morgan fingerprint density at radius 2 is 1.35 bits per heavy atom. The highest BCUT2D eigenvalue weighted by molar-refractivity contribution is 5.77. The van der Waals surface area contributed by atoms with Crippen LogP contribution in [0.25, 0.3) is 10.4 Å². The fourth-order valence-electron chi connectivity index (χ4n) is 8.15. The number of ether oxygens (including phenoxy) is 8. The molecule has 2 fully saturated rings. The van der Waals surface area contributed by atoms with Crippen LogP contribution in [0.4, 0.5) is 0 Å². The predicted octanol–water partition coefficient (Wildman–Crippen LogP) is 8.43. The molecular weight excluding hydrogens is 849 g/mol. The average Bonchev–Trinajstić information content (AvgIpc) is 3.31. The van der Waals surface area contributed by atoms with Crippen molar-refractivity contribution in [1.29, 1.82) is 0 Å². The predicted molar refractivity (Wildman–Crippen MR) is 246 cm³/mol. The zero-order chi connectivity index (χ0) is 48.0. The summed E-state index contributed by atoms with van der Waals surface area (Å²) in [4.78, 5) is 55.8. The van der Waals surface area contributed by atoms with E-state index in [4.69, 9.17) is 43.4 Å². The molecule has 4 rings (SSSR count). The molecular formula is C50H74N4O12. The smallest absolute Gasteiger partial charge is 0.309 e. The van der Waals surface area contributed by atoms with Gasteiger partial charge in [-0.15, -0.1) is 0 Å². The monoisotopic (exact) mass is 923 g/mol. The van der Waals surface area contributed by atoms with Crippen molar-refractivity contribution in [1.82, 2.24) is 5.32 Å². The van der Waals surface area contributed by atoms with Crippen LogP contribution >= 0.6 is 0 Å². The number of nitrogens with zero attached hydrogens (tertiary/aromatic N) is 3. The van der Waals surface area contributed by atoms with Gasteiger partial charge in [0.15, 0.2) is 12.6 Å². The summed E-state index contributed by atoms with van der Waals surface area (Å²) in [5.41, 5.74) is 11.0. The van der Waals surface area contributed by atoms with Crippen LogP contribution in [0.3, 0.4) is 0 Å². The van der Waals surface area contributed by atoms with Crippen molar-refractivity contribution in [3.8, 4) is 0 Å². The number of benzene rings is 2. The molecule has 2 heterocycles. The minimum atomic E-state index is -1.10. The molecule has 16 nitrogen and oxygen atoms in total. The summed E-state index contributed by atoms with van der Waals surface area (Å²) in [5, 5.41) is 6.66. The lowest BCUT2D eigenvalue weighted by molar-refractivity contribution is -0.301. The van der Waals surface area contributed by atoms with Crippen molar-refractivity contribution < 1.29 is 57.1 Å². The Morgan fingerprint density at radius 3 is 1.98 bits per heavy atom. The van der Waals surface area contributed by atoms with Crippen molar-refractivity contribution in [3.05, 3.63) is 82.2 Å². The number of esters is 3. The van der Waals surface area contributed by atoms with Crippen molar-refractivity contribution in [2.75, 3.05) is 26.4 Å². The molecule has 2 aromatic carbocycles. The summed E-state index contributed by atoms with van der Waals surface area (Å²) in [5.74, 6) is -2.78. The van der Waals surface area contributed by atoms with Crippen LogP contribution in [0.5, 0.6) is 0 Å². The normalized spacial score (nSPS) is 26.5. The lowest BCUT2D eigenvalue weighted by Crippen LogP contribution is -2.63. The van der Waals surface area contributed by atoms with Gasteiger partial charge in [-0.05, 0) is 41.3 Å². The Morgan fingerprint density at radius 1 is 0.727 bits per heavy atom. The van der Waals surface area contributed by atoms with Crippen molar-refractivity contribution in [3.63, 3.8) is 0 Å². The van der Waals surface area contributed by atoms with Gasteiger partial charge in [0.2, 0.25) is 5.91 Å². The van der Waals surface area contributed by atoms with Gasteiger partial charge < -0.3 is 43.2 Å². The highest BCUT2D eigenvalue weighted by atomic mass is 16.7. The molecule has 0 saturated carbocycles. The molecule has 2 saturated heterocycles. The number of hydrogen-bond donors (Lipinski definition) is 1. The third kappa shape index (κ3) is 17.3. The molecule has 0 aliphatic carbocycles. The average molecular weight is 923 g/mol.